The number of hydrogen-bond donors (Lipinski definition) is 0. The van der Waals surface area contributed by atoms with Gasteiger partial charge < -0.3 is 4.12 Å². The Morgan fingerprint density at radius 2 is 0.935 bits per heavy atom. The zero-order valence-corrected chi connectivity index (χ0v) is 21.5. The van der Waals surface area contributed by atoms with Gasteiger partial charge in [-0.15, -0.1) is 0 Å². The zero-order valence-electron chi connectivity index (χ0n) is 19.5. The van der Waals surface area contributed by atoms with E-state index < -0.39 is 16.6 Å². The fourth-order valence-electron chi connectivity index (χ4n) is 4.49. The maximum Gasteiger partial charge on any atom is 0.278 e. The Hall–Kier alpha value is -1.95. The molecule has 3 aromatic carbocycles. The summed E-state index contributed by atoms with van der Waals surface area (Å²) in [5.41, 5.74) is 0. The first-order chi connectivity index (χ1) is 15.1. The molecule has 3 heteroatoms. The van der Waals surface area contributed by atoms with Crippen LogP contribution >= 0.6 is 0 Å². The van der Waals surface area contributed by atoms with E-state index in [2.05, 4.69) is 111 Å². The average molecular weight is 447 g/mol. The molecule has 1 nitrogen and oxygen atoms in total. The van der Waals surface area contributed by atoms with Crippen LogP contribution in [0.2, 0.25) is 19.1 Å². The van der Waals surface area contributed by atoms with Crippen molar-refractivity contribution in [3.63, 3.8) is 0 Å². The molecule has 0 spiro atoms. The highest BCUT2D eigenvalue weighted by atomic mass is 28.4. The molecule has 0 aliphatic carbocycles. The van der Waals surface area contributed by atoms with E-state index >= 15 is 0 Å². The Kier molecular flexibility index (Phi) is 8.88. The van der Waals surface area contributed by atoms with E-state index in [0.717, 1.165) is 0 Å². The molecular weight excluding hydrogens is 408 g/mol. The minimum atomic E-state index is -2.58. The number of unbranched alkanes of at least 4 members (excludes halogenated alkanes) is 5. The Morgan fingerprint density at radius 3 is 1.35 bits per heavy atom. The maximum atomic E-state index is 7.49. The predicted octanol–water partition coefficient (Wildman–Crippen LogP) is 6.24. The van der Waals surface area contributed by atoms with Crippen molar-refractivity contribution in [2.24, 2.45) is 0 Å². The van der Waals surface area contributed by atoms with E-state index in [1.807, 2.05) is 0 Å². The molecule has 0 unspecified atom stereocenters. The van der Waals surface area contributed by atoms with Crippen molar-refractivity contribution in [3.05, 3.63) is 91.0 Å². The van der Waals surface area contributed by atoms with Crippen molar-refractivity contribution in [1.82, 2.24) is 0 Å². The van der Waals surface area contributed by atoms with Gasteiger partial charge in [0.1, 0.15) is 0 Å². The summed E-state index contributed by atoms with van der Waals surface area (Å²) in [6.07, 6.45) is 8.02. The van der Waals surface area contributed by atoms with Crippen LogP contribution in [0.1, 0.15) is 45.4 Å². The van der Waals surface area contributed by atoms with Crippen LogP contribution in [0.3, 0.4) is 0 Å². The van der Waals surface area contributed by atoms with Gasteiger partial charge >= 0.3 is 0 Å². The van der Waals surface area contributed by atoms with Gasteiger partial charge in [-0.25, -0.2) is 0 Å². The van der Waals surface area contributed by atoms with Crippen molar-refractivity contribution in [2.75, 3.05) is 0 Å². The van der Waals surface area contributed by atoms with Gasteiger partial charge in [0.2, 0.25) is 0 Å². The molecule has 31 heavy (non-hydrogen) atoms. The van der Waals surface area contributed by atoms with Crippen LogP contribution in [0.5, 0.6) is 0 Å². The Morgan fingerprint density at radius 1 is 0.548 bits per heavy atom. The molecule has 0 amide bonds. The summed E-state index contributed by atoms with van der Waals surface area (Å²) < 4.78 is 7.49. The third kappa shape index (κ3) is 6.28. The van der Waals surface area contributed by atoms with Crippen LogP contribution in [0.15, 0.2) is 91.0 Å². The van der Waals surface area contributed by atoms with E-state index in [1.54, 1.807) is 0 Å². The highest BCUT2D eigenvalue weighted by Gasteiger charge is 2.45. The van der Waals surface area contributed by atoms with Gasteiger partial charge in [-0.05, 0) is 34.7 Å². The normalized spacial score (nSPS) is 12.1. The molecule has 0 heterocycles. The summed E-state index contributed by atoms with van der Waals surface area (Å²) in [6.45, 7) is 7.13. The van der Waals surface area contributed by atoms with E-state index in [9.17, 15) is 0 Å². The van der Waals surface area contributed by atoms with Crippen LogP contribution in [0.25, 0.3) is 0 Å². The van der Waals surface area contributed by atoms with E-state index in [1.165, 1.54) is 60.1 Å². The first-order valence-corrected chi connectivity index (χ1v) is 17.0. The average Bonchev–Trinajstić information content (AvgIpc) is 2.81. The van der Waals surface area contributed by atoms with Gasteiger partial charge in [-0.2, -0.15) is 0 Å². The fraction of sp³-hybridized carbons (Fsp3) is 0.357. The highest BCUT2D eigenvalue weighted by molar-refractivity contribution is 7.10. The molecule has 0 saturated carbocycles. The summed E-state index contributed by atoms with van der Waals surface area (Å²) in [4.78, 5) is 0. The van der Waals surface area contributed by atoms with Crippen molar-refractivity contribution < 1.29 is 4.12 Å². The van der Waals surface area contributed by atoms with Crippen LogP contribution in [-0.4, -0.2) is 16.6 Å². The summed E-state index contributed by atoms with van der Waals surface area (Å²) in [5.74, 6) is 0. The molecule has 3 rings (SSSR count). The second kappa shape index (κ2) is 11.6. The lowest BCUT2D eigenvalue weighted by molar-refractivity contribution is 0.552. The topological polar surface area (TPSA) is 9.23 Å². The third-order valence-corrected chi connectivity index (χ3v) is 14.5. The molecule has 0 bridgehead atoms. The highest BCUT2D eigenvalue weighted by Crippen LogP contribution is 2.23. The van der Waals surface area contributed by atoms with Crippen molar-refractivity contribution in [3.8, 4) is 0 Å². The molecule has 3 aromatic rings. The summed E-state index contributed by atoms with van der Waals surface area (Å²) in [5, 5.41) is 4.03. The van der Waals surface area contributed by atoms with Crippen LogP contribution < -0.4 is 15.6 Å². The summed E-state index contributed by atoms with van der Waals surface area (Å²) in [7, 11) is -4.47. The predicted molar refractivity (Wildman–Crippen MR) is 141 cm³/mol. The molecule has 0 aliphatic heterocycles. The molecule has 0 saturated heterocycles. The molecule has 0 radical (unpaired) electrons. The smallest absolute Gasteiger partial charge is 0.278 e. The first-order valence-electron chi connectivity index (χ1n) is 12.0. The second-order valence-electron chi connectivity index (χ2n) is 9.16. The Labute approximate surface area is 191 Å². The summed E-state index contributed by atoms with van der Waals surface area (Å²) >= 11 is 0. The largest absolute Gasteiger partial charge is 0.446 e. The van der Waals surface area contributed by atoms with Crippen LogP contribution in [0, 0.1) is 0 Å². The van der Waals surface area contributed by atoms with E-state index in [0.29, 0.717) is 0 Å². The fourth-order valence-corrected chi connectivity index (χ4v) is 13.7. The van der Waals surface area contributed by atoms with Gasteiger partial charge in [0.05, 0.1) is 0 Å². The number of hydrogen-bond acceptors (Lipinski definition) is 1. The molecule has 164 valence electrons. The molecule has 0 atom stereocenters. The van der Waals surface area contributed by atoms with Crippen molar-refractivity contribution in [1.29, 1.82) is 0 Å². The lowest BCUT2D eigenvalue weighted by atomic mass is 10.1. The van der Waals surface area contributed by atoms with Crippen LogP contribution in [-0.2, 0) is 4.12 Å². The van der Waals surface area contributed by atoms with Gasteiger partial charge in [-0.3, -0.25) is 0 Å². The van der Waals surface area contributed by atoms with E-state index in [-0.39, 0.29) is 0 Å². The van der Waals surface area contributed by atoms with Gasteiger partial charge in [-0.1, -0.05) is 136 Å². The third-order valence-electron chi connectivity index (χ3n) is 6.10. The van der Waals surface area contributed by atoms with Crippen LogP contribution in [0.4, 0.5) is 0 Å². The standard InChI is InChI=1S/C28H38OSi2/c1-4-5-6-7-8-18-25-30(2,3)29-31(26-19-12-9-13-20-26,27-21-14-10-15-22-27)28-23-16-11-17-24-28/h9-17,19-24H,4-8,18,25H2,1-3H3. The first kappa shape index (κ1) is 23.7. The number of benzene rings is 3. The van der Waals surface area contributed by atoms with E-state index in [4.69, 9.17) is 4.12 Å². The lowest BCUT2D eigenvalue weighted by Crippen LogP contribution is -2.72. The quantitative estimate of drug-likeness (QED) is 0.182. The van der Waals surface area contributed by atoms with Gasteiger partial charge in [0, 0.05) is 0 Å². The Bertz CT molecular complexity index is 782. The maximum absolute atomic E-state index is 7.49. The monoisotopic (exact) mass is 446 g/mol. The molecule has 0 fully saturated rings. The molecule has 0 aromatic heterocycles. The second-order valence-corrected chi connectivity index (χ2v) is 17.1. The van der Waals surface area contributed by atoms with Crippen molar-refractivity contribution >= 4 is 32.2 Å². The minimum Gasteiger partial charge on any atom is -0.446 e. The Balaban J connectivity index is 1.96. The number of rotatable bonds is 12. The molecule has 0 N–H and O–H groups in total. The molecular formula is C28H38OSi2. The van der Waals surface area contributed by atoms with Gasteiger partial charge in [0.25, 0.3) is 8.32 Å². The lowest BCUT2D eigenvalue weighted by Gasteiger charge is -2.40. The molecule has 0 aliphatic rings. The zero-order chi connectivity index (χ0) is 22.0. The minimum absolute atomic E-state index is 1.22. The SMILES string of the molecule is CCCCCCCC[Si](C)(C)O[Si](c1ccccc1)(c1ccccc1)c1ccccc1. The van der Waals surface area contributed by atoms with Gasteiger partial charge in [0.15, 0.2) is 8.32 Å². The van der Waals surface area contributed by atoms with Crippen molar-refractivity contribution in [2.45, 2.75) is 64.6 Å². The summed E-state index contributed by atoms with van der Waals surface area (Å²) in [6, 6.07) is 34.2.